The van der Waals surface area contributed by atoms with Crippen molar-refractivity contribution in [3.05, 3.63) is 65.7 Å². The fourth-order valence-electron chi connectivity index (χ4n) is 2.44. The van der Waals surface area contributed by atoms with E-state index in [0.717, 1.165) is 36.4 Å². The molecule has 0 bridgehead atoms. The van der Waals surface area contributed by atoms with E-state index in [1.54, 1.807) is 0 Å². The highest BCUT2D eigenvalue weighted by atomic mass is 19.4. The summed E-state index contributed by atoms with van der Waals surface area (Å²) >= 11 is 0. The predicted octanol–water partition coefficient (Wildman–Crippen LogP) is 4.68. The van der Waals surface area contributed by atoms with E-state index in [1.165, 1.54) is 12.1 Å². The van der Waals surface area contributed by atoms with Gasteiger partial charge in [-0.05, 0) is 23.3 Å². The number of nitrogen functional groups attached to an aromatic ring is 1. The summed E-state index contributed by atoms with van der Waals surface area (Å²) in [4.78, 5) is 0. The van der Waals surface area contributed by atoms with Gasteiger partial charge in [0.25, 0.3) is 0 Å². The van der Waals surface area contributed by atoms with Crippen molar-refractivity contribution in [2.45, 2.75) is 17.8 Å². The standard InChI is InChI=1S/C15H11F6N/c16-14(17,18)13(15(19,20)21,10-5-2-1-3-6-10)11-7-4-8-12(22)9-11/h1-9H,22H2. The minimum Gasteiger partial charge on any atom is -0.399 e. The number of nitrogens with two attached hydrogens (primary N) is 1. The molecule has 0 spiro atoms. The maximum atomic E-state index is 13.6. The van der Waals surface area contributed by atoms with Crippen LogP contribution in [0.1, 0.15) is 11.1 Å². The highest BCUT2D eigenvalue weighted by Gasteiger charge is 2.72. The van der Waals surface area contributed by atoms with Gasteiger partial charge in [-0.15, -0.1) is 0 Å². The Balaban J connectivity index is 2.90. The number of hydrogen-bond donors (Lipinski definition) is 1. The Bertz CT molecular complexity index is 631. The SMILES string of the molecule is Nc1cccc(C(c2ccccc2)(C(F)(F)F)C(F)(F)F)c1. The molecule has 0 unspecified atom stereocenters. The predicted molar refractivity (Wildman–Crippen MR) is 70.2 cm³/mol. The molecule has 2 aromatic rings. The summed E-state index contributed by atoms with van der Waals surface area (Å²) in [5.74, 6) is 0. The average Bonchev–Trinajstić information content (AvgIpc) is 2.37. The molecule has 1 nitrogen and oxygen atoms in total. The zero-order valence-electron chi connectivity index (χ0n) is 11.0. The van der Waals surface area contributed by atoms with E-state index < -0.39 is 28.9 Å². The first-order valence-corrected chi connectivity index (χ1v) is 6.15. The minimum absolute atomic E-state index is 0.175. The number of anilines is 1. The maximum absolute atomic E-state index is 13.6. The van der Waals surface area contributed by atoms with Gasteiger partial charge >= 0.3 is 12.4 Å². The first-order chi connectivity index (χ1) is 10.1. The van der Waals surface area contributed by atoms with Crippen LogP contribution in [0.2, 0.25) is 0 Å². The summed E-state index contributed by atoms with van der Waals surface area (Å²) in [7, 11) is 0. The average molecular weight is 319 g/mol. The van der Waals surface area contributed by atoms with Crippen LogP contribution in [0.15, 0.2) is 54.6 Å². The van der Waals surface area contributed by atoms with E-state index in [-0.39, 0.29) is 5.69 Å². The normalized spacial score (nSPS) is 13.2. The largest absolute Gasteiger partial charge is 0.411 e. The van der Waals surface area contributed by atoms with Crippen LogP contribution in [0.25, 0.3) is 0 Å². The second kappa shape index (κ2) is 5.23. The Morgan fingerprint density at radius 1 is 0.636 bits per heavy atom. The van der Waals surface area contributed by atoms with E-state index in [1.807, 2.05) is 0 Å². The van der Waals surface area contributed by atoms with Crippen molar-refractivity contribution in [2.75, 3.05) is 5.73 Å². The van der Waals surface area contributed by atoms with Gasteiger partial charge in [0, 0.05) is 5.69 Å². The van der Waals surface area contributed by atoms with Gasteiger partial charge in [-0.3, -0.25) is 0 Å². The lowest BCUT2D eigenvalue weighted by molar-refractivity contribution is -0.288. The zero-order chi connectivity index (χ0) is 16.6. The van der Waals surface area contributed by atoms with Crippen LogP contribution in [0.3, 0.4) is 0 Å². The molecule has 0 aromatic heterocycles. The summed E-state index contributed by atoms with van der Waals surface area (Å²) in [5, 5.41) is 0. The molecule has 0 aliphatic heterocycles. The fraction of sp³-hybridized carbons (Fsp3) is 0.200. The zero-order valence-corrected chi connectivity index (χ0v) is 11.0. The third kappa shape index (κ3) is 2.40. The molecule has 2 N–H and O–H groups in total. The van der Waals surface area contributed by atoms with Crippen molar-refractivity contribution in [3.63, 3.8) is 0 Å². The van der Waals surface area contributed by atoms with Gasteiger partial charge in [0.1, 0.15) is 0 Å². The molecule has 0 aliphatic rings. The first kappa shape index (κ1) is 16.2. The van der Waals surface area contributed by atoms with Gasteiger partial charge in [-0.25, -0.2) is 0 Å². The minimum atomic E-state index is -5.58. The topological polar surface area (TPSA) is 26.0 Å². The Morgan fingerprint density at radius 2 is 1.14 bits per heavy atom. The van der Waals surface area contributed by atoms with Crippen molar-refractivity contribution in [1.29, 1.82) is 0 Å². The van der Waals surface area contributed by atoms with Crippen molar-refractivity contribution in [3.8, 4) is 0 Å². The van der Waals surface area contributed by atoms with Crippen LogP contribution < -0.4 is 5.73 Å². The van der Waals surface area contributed by atoms with E-state index in [4.69, 9.17) is 5.73 Å². The molecule has 0 atom stereocenters. The molecule has 22 heavy (non-hydrogen) atoms. The van der Waals surface area contributed by atoms with Crippen molar-refractivity contribution in [1.82, 2.24) is 0 Å². The van der Waals surface area contributed by atoms with Gasteiger partial charge in [-0.1, -0.05) is 42.5 Å². The van der Waals surface area contributed by atoms with Gasteiger partial charge in [0.2, 0.25) is 5.41 Å². The van der Waals surface area contributed by atoms with E-state index in [0.29, 0.717) is 6.07 Å². The number of benzene rings is 2. The van der Waals surface area contributed by atoms with Crippen LogP contribution in [-0.2, 0) is 5.41 Å². The molecular weight excluding hydrogens is 308 g/mol. The summed E-state index contributed by atoms with van der Waals surface area (Å²) in [6.07, 6.45) is -11.2. The quantitative estimate of drug-likeness (QED) is 0.631. The van der Waals surface area contributed by atoms with Gasteiger partial charge in [-0.2, -0.15) is 26.3 Å². The molecule has 0 radical (unpaired) electrons. The third-order valence-corrected chi connectivity index (χ3v) is 3.38. The molecule has 2 rings (SSSR count). The van der Waals surface area contributed by atoms with Gasteiger partial charge in [0.05, 0.1) is 0 Å². The molecule has 0 saturated heterocycles. The number of rotatable bonds is 2. The second-order valence-corrected chi connectivity index (χ2v) is 4.74. The maximum Gasteiger partial charge on any atom is 0.411 e. The van der Waals surface area contributed by atoms with Crippen molar-refractivity contribution < 1.29 is 26.3 Å². The highest BCUT2D eigenvalue weighted by Crippen LogP contribution is 2.56. The molecular formula is C15H11F6N. The lowest BCUT2D eigenvalue weighted by Crippen LogP contribution is -2.54. The third-order valence-electron chi connectivity index (χ3n) is 3.38. The van der Waals surface area contributed by atoms with E-state index >= 15 is 0 Å². The van der Waals surface area contributed by atoms with E-state index in [9.17, 15) is 26.3 Å². The molecule has 118 valence electrons. The summed E-state index contributed by atoms with van der Waals surface area (Å²) < 4.78 is 81.7. The summed E-state index contributed by atoms with van der Waals surface area (Å²) in [6.45, 7) is 0. The summed E-state index contributed by atoms with van der Waals surface area (Å²) in [6, 6.07) is 9.01. The Hall–Kier alpha value is -2.18. The monoisotopic (exact) mass is 319 g/mol. The van der Waals surface area contributed by atoms with Crippen LogP contribution in [0.5, 0.6) is 0 Å². The van der Waals surface area contributed by atoms with Crippen LogP contribution in [0, 0.1) is 0 Å². The lowest BCUT2D eigenvalue weighted by atomic mass is 9.73. The molecule has 2 aromatic carbocycles. The van der Waals surface area contributed by atoms with E-state index in [2.05, 4.69) is 0 Å². The first-order valence-electron chi connectivity index (χ1n) is 6.15. The van der Waals surface area contributed by atoms with Crippen molar-refractivity contribution in [2.24, 2.45) is 0 Å². The smallest absolute Gasteiger partial charge is 0.399 e. The second-order valence-electron chi connectivity index (χ2n) is 4.74. The number of hydrogen-bond acceptors (Lipinski definition) is 1. The number of alkyl halides is 6. The fourth-order valence-corrected chi connectivity index (χ4v) is 2.44. The molecule has 7 heteroatoms. The molecule has 0 amide bonds. The molecule has 0 saturated carbocycles. The lowest BCUT2D eigenvalue weighted by Gasteiger charge is -2.38. The van der Waals surface area contributed by atoms with Crippen molar-refractivity contribution >= 4 is 5.69 Å². The Morgan fingerprint density at radius 3 is 1.59 bits per heavy atom. The summed E-state index contributed by atoms with van der Waals surface area (Å²) in [5.41, 5.74) is -0.780. The Kier molecular flexibility index (Phi) is 3.85. The van der Waals surface area contributed by atoms with Gasteiger partial charge in [0.15, 0.2) is 0 Å². The van der Waals surface area contributed by atoms with Gasteiger partial charge < -0.3 is 5.73 Å². The van der Waals surface area contributed by atoms with Crippen LogP contribution in [-0.4, -0.2) is 12.4 Å². The van der Waals surface area contributed by atoms with Crippen LogP contribution in [0.4, 0.5) is 32.0 Å². The van der Waals surface area contributed by atoms with Crippen LogP contribution >= 0.6 is 0 Å². The highest BCUT2D eigenvalue weighted by molar-refractivity contribution is 5.50. The molecule has 0 heterocycles. The Labute approximate surface area is 122 Å². The molecule has 0 fully saturated rings. The molecule has 0 aliphatic carbocycles. The number of halogens is 6.